The average molecular weight is 382 g/mol. The summed E-state index contributed by atoms with van der Waals surface area (Å²) in [5.41, 5.74) is 3.24. The van der Waals surface area contributed by atoms with Gasteiger partial charge in [-0.05, 0) is 34.9 Å². The molecule has 0 bridgehead atoms. The van der Waals surface area contributed by atoms with Crippen LogP contribution in [0.3, 0.4) is 0 Å². The predicted molar refractivity (Wildman–Crippen MR) is 109 cm³/mol. The third-order valence-corrected chi connectivity index (χ3v) is 4.48. The van der Waals surface area contributed by atoms with Gasteiger partial charge >= 0.3 is 0 Å². The van der Waals surface area contributed by atoms with E-state index in [1.165, 1.54) is 0 Å². The number of halogens is 2. The van der Waals surface area contributed by atoms with E-state index in [0.717, 1.165) is 16.7 Å². The molecular weight excluding hydrogens is 365 g/mol. The number of rotatable bonds is 5. The van der Waals surface area contributed by atoms with Gasteiger partial charge in [-0.3, -0.25) is 4.79 Å². The molecule has 1 N–H and O–H groups in total. The fourth-order valence-electron chi connectivity index (χ4n) is 2.55. The Balaban J connectivity index is 1.85. The van der Waals surface area contributed by atoms with Gasteiger partial charge in [0.2, 0.25) is 0 Å². The first-order valence-corrected chi connectivity index (χ1v) is 8.93. The minimum absolute atomic E-state index is 0.161. The van der Waals surface area contributed by atoms with E-state index in [4.69, 9.17) is 23.2 Å². The lowest BCUT2D eigenvalue weighted by atomic mass is 10.0. The zero-order valence-electron chi connectivity index (χ0n) is 14.0. The average Bonchev–Trinajstić information content (AvgIpc) is 2.67. The molecule has 0 unspecified atom stereocenters. The Morgan fingerprint density at radius 2 is 1.54 bits per heavy atom. The van der Waals surface area contributed by atoms with Gasteiger partial charge in [-0.25, -0.2) is 0 Å². The van der Waals surface area contributed by atoms with Crippen molar-refractivity contribution in [1.29, 1.82) is 0 Å². The molecule has 0 atom stereocenters. The first-order valence-electron chi connectivity index (χ1n) is 8.18. The van der Waals surface area contributed by atoms with Crippen LogP contribution >= 0.6 is 23.2 Å². The van der Waals surface area contributed by atoms with Crippen LogP contribution in [0.4, 0.5) is 0 Å². The van der Waals surface area contributed by atoms with Gasteiger partial charge in [-0.15, -0.1) is 0 Å². The van der Waals surface area contributed by atoms with Gasteiger partial charge in [0, 0.05) is 22.2 Å². The van der Waals surface area contributed by atoms with Crippen LogP contribution in [-0.4, -0.2) is 5.91 Å². The zero-order valence-corrected chi connectivity index (χ0v) is 15.5. The molecule has 0 aliphatic rings. The Bertz CT molecular complexity index is 921. The van der Waals surface area contributed by atoms with E-state index in [9.17, 15) is 4.79 Å². The molecule has 0 saturated carbocycles. The molecule has 0 spiro atoms. The number of benzene rings is 3. The molecular formula is C22H17Cl2NO. The third-order valence-electron chi connectivity index (χ3n) is 3.89. The van der Waals surface area contributed by atoms with Crippen molar-refractivity contribution in [3.05, 3.63) is 106 Å². The largest absolute Gasteiger partial charge is 0.348 e. The summed E-state index contributed by atoms with van der Waals surface area (Å²) < 4.78 is 0. The minimum Gasteiger partial charge on any atom is -0.348 e. The van der Waals surface area contributed by atoms with Crippen molar-refractivity contribution in [1.82, 2.24) is 5.32 Å². The van der Waals surface area contributed by atoms with Crippen LogP contribution in [0.1, 0.15) is 16.7 Å². The van der Waals surface area contributed by atoms with Gasteiger partial charge in [0.1, 0.15) is 0 Å². The minimum atomic E-state index is -0.161. The van der Waals surface area contributed by atoms with Crippen molar-refractivity contribution in [3.8, 4) is 0 Å². The molecule has 0 heterocycles. The molecule has 3 rings (SSSR count). The molecule has 0 saturated heterocycles. The molecule has 4 heteroatoms. The number of nitrogens with one attached hydrogen (secondary N) is 1. The Labute approximate surface area is 163 Å². The van der Waals surface area contributed by atoms with E-state index in [2.05, 4.69) is 5.32 Å². The summed E-state index contributed by atoms with van der Waals surface area (Å²) in [6.45, 7) is 0.327. The van der Waals surface area contributed by atoms with Gasteiger partial charge < -0.3 is 5.32 Å². The molecule has 1 amide bonds. The fraction of sp³-hybridized carbons (Fsp3) is 0.0455. The molecule has 130 valence electrons. The lowest BCUT2D eigenvalue weighted by Crippen LogP contribution is -2.24. The maximum atomic E-state index is 12.9. The maximum absolute atomic E-state index is 12.9. The van der Waals surface area contributed by atoms with Gasteiger partial charge in [0.25, 0.3) is 5.91 Å². The van der Waals surface area contributed by atoms with E-state index in [0.29, 0.717) is 22.2 Å². The van der Waals surface area contributed by atoms with Crippen LogP contribution in [0.15, 0.2) is 78.9 Å². The first kappa shape index (κ1) is 18.2. The van der Waals surface area contributed by atoms with Crippen molar-refractivity contribution >= 4 is 40.8 Å². The molecule has 0 radical (unpaired) electrons. The number of hydrogen-bond donors (Lipinski definition) is 1. The summed E-state index contributed by atoms with van der Waals surface area (Å²) in [6, 6.07) is 24.6. The van der Waals surface area contributed by atoms with Crippen molar-refractivity contribution < 1.29 is 4.79 Å². The summed E-state index contributed by atoms with van der Waals surface area (Å²) in [7, 11) is 0. The first-order chi connectivity index (χ1) is 12.6. The monoisotopic (exact) mass is 381 g/mol. The van der Waals surface area contributed by atoms with Crippen molar-refractivity contribution in [3.63, 3.8) is 0 Å². The lowest BCUT2D eigenvalue weighted by Gasteiger charge is -2.11. The lowest BCUT2D eigenvalue weighted by molar-refractivity contribution is -0.115. The molecule has 0 aliphatic heterocycles. The number of carbonyl (C=O) groups is 1. The topological polar surface area (TPSA) is 29.1 Å². The Hall–Kier alpha value is -2.55. The van der Waals surface area contributed by atoms with Gasteiger partial charge in [0.05, 0.1) is 0 Å². The summed E-state index contributed by atoms with van der Waals surface area (Å²) in [5, 5.41) is 4.05. The van der Waals surface area contributed by atoms with E-state index >= 15 is 0 Å². The van der Waals surface area contributed by atoms with E-state index < -0.39 is 0 Å². The van der Waals surface area contributed by atoms with Crippen LogP contribution in [-0.2, 0) is 11.3 Å². The predicted octanol–water partition coefficient (Wildman–Crippen LogP) is 5.85. The zero-order chi connectivity index (χ0) is 18.4. The highest BCUT2D eigenvalue weighted by molar-refractivity contribution is 6.35. The summed E-state index contributed by atoms with van der Waals surface area (Å²) in [4.78, 5) is 12.9. The SMILES string of the molecule is O=C(NCc1ccc(Cl)cc1Cl)/C(=C/c1ccccc1)c1ccccc1. The van der Waals surface area contributed by atoms with Crippen molar-refractivity contribution in [2.75, 3.05) is 0 Å². The second-order valence-corrected chi connectivity index (χ2v) is 6.60. The summed E-state index contributed by atoms with van der Waals surface area (Å²) >= 11 is 12.1. The van der Waals surface area contributed by atoms with E-state index in [-0.39, 0.29) is 5.91 Å². The van der Waals surface area contributed by atoms with E-state index in [1.807, 2.05) is 72.8 Å². The molecule has 0 aromatic heterocycles. The second kappa shape index (κ2) is 8.70. The molecule has 26 heavy (non-hydrogen) atoms. The molecule has 3 aromatic rings. The van der Waals surface area contributed by atoms with Crippen LogP contribution in [0.5, 0.6) is 0 Å². The van der Waals surface area contributed by atoms with Crippen molar-refractivity contribution in [2.24, 2.45) is 0 Å². The number of amides is 1. The van der Waals surface area contributed by atoms with Crippen LogP contribution in [0.25, 0.3) is 11.6 Å². The summed E-state index contributed by atoms with van der Waals surface area (Å²) in [6.07, 6.45) is 1.88. The Morgan fingerprint density at radius 3 is 2.19 bits per heavy atom. The normalized spacial score (nSPS) is 11.2. The Morgan fingerprint density at radius 1 is 0.885 bits per heavy atom. The standard InChI is InChI=1S/C22H17Cl2NO/c23-19-12-11-18(21(24)14-19)15-25-22(26)20(17-9-5-2-6-10-17)13-16-7-3-1-4-8-16/h1-14H,15H2,(H,25,26)/b20-13+. The van der Waals surface area contributed by atoms with Gasteiger partial charge in [-0.2, -0.15) is 0 Å². The molecule has 3 aromatic carbocycles. The number of hydrogen-bond acceptors (Lipinski definition) is 1. The smallest absolute Gasteiger partial charge is 0.252 e. The molecule has 0 fully saturated rings. The molecule has 2 nitrogen and oxygen atoms in total. The summed E-state index contributed by atoms with van der Waals surface area (Å²) in [5.74, 6) is -0.161. The second-order valence-electron chi connectivity index (χ2n) is 5.75. The fourth-order valence-corrected chi connectivity index (χ4v) is 3.02. The van der Waals surface area contributed by atoms with Gasteiger partial charge in [0.15, 0.2) is 0 Å². The van der Waals surface area contributed by atoms with E-state index in [1.54, 1.807) is 12.1 Å². The van der Waals surface area contributed by atoms with Crippen LogP contribution < -0.4 is 5.32 Å². The highest BCUT2D eigenvalue weighted by Gasteiger charge is 2.12. The highest BCUT2D eigenvalue weighted by atomic mass is 35.5. The van der Waals surface area contributed by atoms with Crippen LogP contribution in [0, 0.1) is 0 Å². The quantitative estimate of drug-likeness (QED) is 0.435. The Kier molecular flexibility index (Phi) is 6.11. The number of carbonyl (C=O) groups excluding carboxylic acids is 1. The van der Waals surface area contributed by atoms with Crippen molar-refractivity contribution in [2.45, 2.75) is 6.54 Å². The highest BCUT2D eigenvalue weighted by Crippen LogP contribution is 2.22. The van der Waals surface area contributed by atoms with Crippen LogP contribution in [0.2, 0.25) is 10.0 Å². The van der Waals surface area contributed by atoms with Gasteiger partial charge in [-0.1, -0.05) is 89.9 Å². The molecule has 0 aliphatic carbocycles. The maximum Gasteiger partial charge on any atom is 0.252 e. The third kappa shape index (κ3) is 4.75.